The van der Waals surface area contributed by atoms with Gasteiger partial charge in [-0.15, -0.1) is 0 Å². The van der Waals surface area contributed by atoms with E-state index >= 15 is 0 Å². The van der Waals surface area contributed by atoms with Crippen molar-refractivity contribution in [3.63, 3.8) is 0 Å². The van der Waals surface area contributed by atoms with Crippen LogP contribution in [0, 0.1) is 12.7 Å². The van der Waals surface area contributed by atoms with Crippen molar-refractivity contribution >= 4 is 5.91 Å². The van der Waals surface area contributed by atoms with Gasteiger partial charge in [0.1, 0.15) is 5.82 Å². The summed E-state index contributed by atoms with van der Waals surface area (Å²) in [4.78, 5) is 18.4. The number of benzene rings is 1. The maximum Gasteiger partial charge on any atom is 0.227 e. The highest BCUT2D eigenvalue weighted by Crippen LogP contribution is 2.33. The molecule has 1 fully saturated rings. The summed E-state index contributed by atoms with van der Waals surface area (Å²) in [5, 5.41) is 9.97. The molecule has 120 valence electrons. The normalized spacial score (nSPS) is 20.7. The summed E-state index contributed by atoms with van der Waals surface area (Å²) in [6.45, 7) is 2.20. The zero-order valence-corrected chi connectivity index (χ0v) is 12.9. The van der Waals surface area contributed by atoms with Crippen LogP contribution in [0.5, 0.6) is 0 Å². The fourth-order valence-electron chi connectivity index (χ4n) is 3.08. The van der Waals surface area contributed by atoms with Crippen LogP contribution in [0.3, 0.4) is 0 Å². The number of aryl methyl sites for hydroxylation is 1. The first-order chi connectivity index (χ1) is 11.0. The average Bonchev–Trinajstić information content (AvgIpc) is 2.92. The van der Waals surface area contributed by atoms with Crippen molar-refractivity contribution in [3.05, 3.63) is 65.2 Å². The molecule has 2 atom stereocenters. The molecule has 0 radical (unpaired) electrons. The van der Waals surface area contributed by atoms with Crippen molar-refractivity contribution < 1.29 is 14.3 Å². The molecule has 1 aromatic heterocycles. The third kappa shape index (κ3) is 3.40. The molecule has 2 aromatic rings. The van der Waals surface area contributed by atoms with E-state index in [1.807, 2.05) is 13.0 Å². The van der Waals surface area contributed by atoms with Crippen LogP contribution in [0.15, 0.2) is 42.7 Å². The number of halogens is 1. The predicted molar refractivity (Wildman–Crippen MR) is 84.2 cm³/mol. The average molecular weight is 314 g/mol. The van der Waals surface area contributed by atoms with Crippen molar-refractivity contribution in [2.75, 3.05) is 6.54 Å². The minimum atomic E-state index is -0.578. The zero-order chi connectivity index (χ0) is 16.4. The van der Waals surface area contributed by atoms with Crippen LogP contribution in [0.1, 0.15) is 29.2 Å². The standard InChI is InChI=1S/C18H19FN2O2/c1-12-10-20-6-5-13(12)8-18(23)21-11-16(22)9-17(21)14-3-2-4-15(19)7-14/h2-7,10,16-17,22H,8-9,11H2,1H3/t16-,17+/m1/s1. The SMILES string of the molecule is Cc1cnccc1CC(=O)N1C[C@H](O)C[C@H]1c1cccc(F)c1. The van der Waals surface area contributed by atoms with Crippen molar-refractivity contribution in [1.82, 2.24) is 9.88 Å². The first kappa shape index (κ1) is 15.6. The van der Waals surface area contributed by atoms with Crippen molar-refractivity contribution in [2.24, 2.45) is 0 Å². The molecule has 2 heterocycles. The summed E-state index contributed by atoms with van der Waals surface area (Å²) < 4.78 is 13.5. The smallest absolute Gasteiger partial charge is 0.227 e. The van der Waals surface area contributed by atoms with Gasteiger partial charge in [0.2, 0.25) is 5.91 Å². The molecule has 3 rings (SSSR count). The van der Waals surface area contributed by atoms with Gasteiger partial charge in [-0.1, -0.05) is 12.1 Å². The van der Waals surface area contributed by atoms with Crippen LogP contribution >= 0.6 is 0 Å². The Kier molecular flexibility index (Phi) is 4.39. The number of carbonyl (C=O) groups excluding carboxylic acids is 1. The molecule has 1 N–H and O–H groups in total. The predicted octanol–water partition coefficient (Wildman–Crippen LogP) is 2.41. The lowest BCUT2D eigenvalue weighted by Gasteiger charge is -2.25. The van der Waals surface area contributed by atoms with Crippen molar-refractivity contribution in [1.29, 1.82) is 0 Å². The van der Waals surface area contributed by atoms with Gasteiger partial charge in [0.05, 0.1) is 18.6 Å². The number of amides is 1. The lowest BCUT2D eigenvalue weighted by Crippen LogP contribution is -2.33. The van der Waals surface area contributed by atoms with Gasteiger partial charge < -0.3 is 10.0 Å². The van der Waals surface area contributed by atoms with E-state index < -0.39 is 6.10 Å². The van der Waals surface area contributed by atoms with Crippen LogP contribution in [-0.4, -0.2) is 33.5 Å². The number of pyridine rings is 1. The Labute approximate surface area is 134 Å². The molecular formula is C18H19FN2O2. The number of carbonyl (C=O) groups is 1. The summed E-state index contributed by atoms with van der Waals surface area (Å²) >= 11 is 0. The Hall–Kier alpha value is -2.27. The van der Waals surface area contributed by atoms with Gasteiger partial charge in [0.25, 0.3) is 0 Å². The Morgan fingerprint density at radius 2 is 2.26 bits per heavy atom. The molecule has 1 aliphatic heterocycles. The molecule has 0 unspecified atom stereocenters. The molecule has 1 aromatic carbocycles. The highest BCUT2D eigenvalue weighted by molar-refractivity contribution is 5.80. The number of aromatic nitrogens is 1. The molecule has 23 heavy (non-hydrogen) atoms. The van der Waals surface area contributed by atoms with Gasteiger partial charge in [0.15, 0.2) is 0 Å². The van der Waals surface area contributed by atoms with Gasteiger partial charge in [0, 0.05) is 18.9 Å². The Morgan fingerprint density at radius 3 is 3.00 bits per heavy atom. The van der Waals surface area contributed by atoms with Crippen LogP contribution < -0.4 is 0 Å². The summed E-state index contributed by atoms with van der Waals surface area (Å²) in [6, 6.07) is 7.78. The molecule has 0 bridgehead atoms. The Balaban J connectivity index is 1.82. The van der Waals surface area contributed by atoms with Gasteiger partial charge in [-0.2, -0.15) is 0 Å². The molecule has 1 aliphatic rings. The monoisotopic (exact) mass is 314 g/mol. The van der Waals surface area contributed by atoms with Gasteiger partial charge >= 0.3 is 0 Å². The zero-order valence-electron chi connectivity index (χ0n) is 12.9. The molecule has 0 saturated carbocycles. The van der Waals surface area contributed by atoms with E-state index in [0.29, 0.717) is 6.42 Å². The second-order valence-corrected chi connectivity index (χ2v) is 5.99. The molecule has 1 saturated heterocycles. The summed E-state index contributed by atoms with van der Waals surface area (Å²) in [6.07, 6.45) is 3.51. The quantitative estimate of drug-likeness (QED) is 0.946. The summed E-state index contributed by atoms with van der Waals surface area (Å²) in [5.41, 5.74) is 2.61. The number of aliphatic hydroxyl groups excluding tert-OH is 1. The highest BCUT2D eigenvalue weighted by atomic mass is 19.1. The van der Waals surface area contributed by atoms with E-state index in [2.05, 4.69) is 4.98 Å². The summed E-state index contributed by atoms with van der Waals surface area (Å²) in [5.74, 6) is -0.397. The second kappa shape index (κ2) is 6.46. The number of likely N-dealkylation sites (tertiary alicyclic amines) is 1. The van der Waals surface area contributed by atoms with E-state index in [4.69, 9.17) is 0 Å². The maximum absolute atomic E-state index is 13.5. The van der Waals surface area contributed by atoms with Crippen LogP contribution in [0.2, 0.25) is 0 Å². The topological polar surface area (TPSA) is 53.4 Å². The highest BCUT2D eigenvalue weighted by Gasteiger charge is 2.35. The molecule has 5 heteroatoms. The van der Waals surface area contributed by atoms with E-state index in [1.54, 1.807) is 29.4 Å². The van der Waals surface area contributed by atoms with Gasteiger partial charge in [-0.05, 0) is 48.2 Å². The molecule has 0 spiro atoms. The Morgan fingerprint density at radius 1 is 1.43 bits per heavy atom. The fourth-order valence-corrected chi connectivity index (χ4v) is 3.08. The van der Waals surface area contributed by atoms with Crippen LogP contribution in [0.4, 0.5) is 4.39 Å². The third-order valence-electron chi connectivity index (χ3n) is 4.31. The molecule has 1 amide bonds. The largest absolute Gasteiger partial charge is 0.391 e. The first-order valence-electron chi connectivity index (χ1n) is 7.67. The number of hydrogen-bond donors (Lipinski definition) is 1. The van der Waals surface area contributed by atoms with E-state index in [1.165, 1.54) is 12.1 Å². The van der Waals surface area contributed by atoms with Crippen LogP contribution in [-0.2, 0) is 11.2 Å². The first-order valence-corrected chi connectivity index (χ1v) is 7.67. The number of nitrogens with zero attached hydrogens (tertiary/aromatic N) is 2. The number of aliphatic hydroxyl groups is 1. The minimum Gasteiger partial charge on any atom is -0.391 e. The van der Waals surface area contributed by atoms with Crippen LogP contribution in [0.25, 0.3) is 0 Å². The van der Waals surface area contributed by atoms with Gasteiger partial charge in [-0.3, -0.25) is 9.78 Å². The molecule has 0 aliphatic carbocycles. The fraction of sp³-hybridized carbons (Fsp3) is 0.333. The van der Waals surface area contributed by atoms with E-state index in [0.717, 1.165) is 16.7 Å². The summed E-state index contributed by atoms with van der Waals surface area (Å²) in [7, 11) is 0. The lowest BCUT2D eigenvalue weighted by atomic mass is 10.0. The van der Waals surface area contributed by atoms with E-state index in [9.17, 15) is 14.3 Å². The van der Waals surface area contributed by atoms with Gasteiger partial charge in [-0.25, -0.2) is 4.39 Å². The van der Waals surface area contributed by atoms with Crippen molar-refractivity contribution in [2.45, 2.75) is 31.9 Å². The second-order valence-electron chi connectivity index (χ2n) is 5.99. The lowest BCUT2D eigenvalue weighted by molar-refractivity contribution is -0.131. The van der Waals surface area contributed by atoms with E-state index in [-0.39, 0.29) is 30.7 Å². The minimum absolute atomic E-state index is 0.0647. The molecule has 4 nitrogen and oxygen atoms in total. The van der Waals surface area contributed by atoms with Crippen molar-refractivity contribution in [3.8, 4) is 0 Å². The molecular weight excluding hydrogens is 295 g/mol. The number of rotatable bonds is 3. The Bertz CT molecular complexity index is 720. The number of hydrogen-bond acceptors (Lipinski definition) is 3. The third-order valence-corrected chi connectivity index (χ3v) is 4.31. The maximum atomic E-state index is 13.5. The number of β-amino-alcohol motifs (C(OH)–C–C–N with tert-alkyl or cyclic N) is 1.